The number of fused-ring (bicyclic) bond motifs is 1. The number of aromatic nitrogens is 4. The molecule has 3 heterocycles. The van der Waals surface area contributed by atoms with Crippen LogP contribution in [0.15, 0.2) is 6.33 Å². The van der Waals surface area contributed by atoms with Gasteiger partial charge in [-0.05, 0) is 31.4 Å². The predicted molar refractivity (Wildman–Crippen MR) is 73.5 cm³/mol. The van der Waals surface area contributed by atoms with E-state index in [1.807, 2.05) is 11.5 Å². The lowest BCUT2D eigenvalue weighted by Gasteiger charge is -2.30. The first-order valence-electron chi connectivity index (χ1n) is 6.50. The second kappa shape index (κ2) is 4.94. The van der Waals surface area contributed by atoms with E-state index in [4.69, 9.17) is 11.6 Å². The molecule has 2 aromatic rings. The van der Waals surface area contributed by atoms with Crippen LogP contribution < -0.4 is 4.90 Å². The van der Waals surface area contributed by atoms with Gasteiger partial charge in [-0.1, -0.05) is 0 Å². The molecule has 0 saturated carbocycles. The zero-order valence-corrected chi connectivity index (χ0v) is 11.5. The van der Waals surface area contributed by atoms with Crippen molar-refractivity contribution in [3.05, 3.63) is 11.6 Å². The molecule has 0 atom stereocenters. The van der Waals surface area contributed by atoms with Crippen LogP contribution in [0.5, 0.6) is 0 Å². The van der Waals surface area contributed by atoms with Gasteiger partial charge in [0.1, 0.15) is 0 Å². The first kappa shape index (κ1) is 12.6. The minimum atomic E-state index is -0.211. The molecule has 0 aliphatic carbocycles. The van der Waals surface area contributed by atoms with E-state index in [1.54, 1.807) is 6.33 Å². The lowest BCUT2D eigenvalue weighted by molar-refractivity contribution is 0.145. The first-order valence-corrected chi connectivity index (χ1v) is 6.88. The van der Waals surface area contributed by atoms with E-state index in [0.29, 0.717) is 0 Å². The highest BCUT2D eigenvalue weighted by Crippen LogP contribution is 2.26. The maximum atomic E-state index is 9.58. The summed E-state index contributed by atoms with van der Waals surface area (Å²) < 4.78 is 1.95. The van der Waals surface area contributed by atoms with Crippen LogP contribution in [0.25, 0.3) is 11.2 Å². The Morgan fingerprint density at radius 3 is 2.79 bits per heavy atom. The first-order chi connectivity index (χ1) is 9.19. The van der Waals surface area contributed by atoms with Crippen LogP contribution in [-0.2, 0) is 6.54 Å². The van der Waals surface area contributed by atoms with Crippen LogP contribution in [0.1, 0.15) is 19.8 Å². The van der Waals surface area contributed by atoms with Gasteiger partial charge in [0.15, 0.2) is 17.0 Å². The van der Waals surface area contributed by atoms with E-state index < -0.39 is 0 Å². The zero-order chi connectivity index (χ0) is 13.4. The number of piperidine rings is 1. The Morgan fingerprint density at radius 2 is 2.11 bits per heavy atom. The van der Waals surface area contributed by atoms with Crippen molar-refractivity contribution in [3.8, 4) is 0 Å². The van der Waals surface area contributed by atoms with Gasteiger partial charge in [0, 0.05) is 19.6 Å². The molecule has 102 valence electrons. The van der Waals surface area contributed by atoms with E-state index in [0.717, 1.165) is 49.5 Å². The fraction of sp³-hybridized carbons (Fsp3) is 0.583. The average Bonchev–Trinajstić information content (AvgIpc) is 2.81. The van der Waals surface area contributed by atoms with Crippen LogP contribution in [0.3, 0.4) is 0 Å². The molecule has 1 aliphatic heterocycles. The molecule has 2 aromatic heterocycles. The largest absolute Gasteiger partial charge is 0.393 e. The highest BCUT2D eigenvalue weighted by atomic mass is 35.5. The highest BCUT2D eigenvalue weighted by Gasteiger charge is 2.22. The lowest BCUT2D eigenvalue weighted by Crippen LogP contribution is -2.36. The molecule has 1 fully saturated rings. The van der Waals surface area contributed by atoms with Crippen molar-refractivity contribution in [2.45, 2.75) is 32.4 Å². The molecule has 1 aliphatic rings. The minimum absolute atomic E-state index is 0.211. The number of halogens is 1. The molecule has 7 heteroatoms. The van der Waals surface area contributed by atoms with Crippen molar-refractivity contribution in [1.82, 2.24) is 19.5 Å². The maximum Gasteiger partial charge on any atom is 0.226 e. The van der Waals surface area contributed by atoms with E-state index in [-0.39, 0.29) is 11.4 Å². The second-order valence-electron chi connectivity index (χ2n) is 4.74. The quantitative estimate of drug-likeness (QED) is 0.844. The Morgan fingerprint density at radius 1 is 1.37 bits per heavy atom. The molecular weight excluding hydrogens is 266 g/mol. The normalized spacial score (nSPS) is 17.3. The molecule has 0 radical (unpaired) electrons. The molecule has 3 rings (SSSR count). The maximum absolute atomic E-state index is 9.58. The van der Waals surface area contributed by atoms with Crippen molar-refractivity contribution < 1.29 is 5.11 Å². The van der Waals surface area contributed by atoms with Crippen LogP contribution in [0, 0.1) is 0 Å². The molecular formula is C12H16ClN5O. The van der Waals surface area contributed by atoms with Crippen molar-refractivity contribution in [3.63, 3.8) is 0 Å². The van der Waals surface area contributed by atoms with Gasteiger partial charge in [-0.3, -0.25) is 0 Å². The number of nitrogens with zero attached hydrogens (tertiary/aromatic N) is 5. The Labute approximate surface area is 116 Å². The van der Waals surface area contributed by atoms with E-state index in [1.165, 1.54) is 0 Å². The molecule has 0 bridgehead atoms. The van der Waals surface area contributed by atoms with Gasteiger partial charge in [0.2, 0.25) is 5.28 Å². The SMILES string of the molecule is CCn1cnc2c(N3CCC(O)CC3)nc(Cl)nc21. The standard InChI is InChI=1S/C12H16ClN5O/c1-2-17-7-14-9-10(17)15-12(13)16-11(9)18-5-3-8(19)4-6-18/h7-8,19H,2-6H2,1H3. The molecule has 1 N–H and O–H groups in total. The summed E-state index contributed by atoms with van der Waals surface area (Å²) in [5, 5.41) is 9.82. The predicted octanol–water partition coefficient (Wildman–Crippen LogP) is 1.46. The highest BCUT2D eigenvalue weighted by molar-refractivity contribution is 6.28. The molecule has 0 unspecified atom stereocenters. The Kier molecular flexibility index (Phi) is 3.28. The van der Waals surface area contributed by atoms with Gasteiger partial charge in [0.25, 0.3) is 0 Å². The number of hydrogen-bond donors (Lipinski definition) is 1. The molecule has 1 saturated heterocycles. The summed E-state index contributed by atoms with van der Waals surface area (Å²) in [7, 11) is 0. The summed E-state index contributed by atoms with van der Waals surface area (Å²) in [4.78, 5) is 15.1. The Hall–Kier alpha value is -1.40. The topological polar surface area (TPSA) is 67.1 Å². The van der Waals surface area contributed by atoms with Gasteiger partial charge >= 0.3 is 0 Å². The van der Waals surface area contributed by atoms with Crippen LogP contribution in [0.2, 0.25) is 5.28 Å². The van der Waals surface area contributed by atoms with Gasteiger partial charge in [-0.15, -0.1) is 0 Å². The van der Waals surface area contributed by atoms with Crippen molar-refractivity contribution in [1.29, 1.82) is 0 Å². The second-order valence-corrected chi connectivity index (χ2v) is 5.08. The smallest absolute Gasteiger partial charge is 0.226 e. The summed E-state index contributed by atoms with van der Waals surface area (Å²) in [6.45, 7) is 4.36. The third-order valence-corrected chi connectivity index (χ3v) is 3.69. The number of aryl methyl sites for hydroxylation is 1. The van der Waals surface area contributed by atoms with E-state index in [9.17, 15) is 5.11 Å². The van der Waals surface area contributed by atoms with Crippen LogP contribution in [-0.4, -0.2) is 43.8 Å². The van der Waals surface area contributed by atoms with E-state index in [2.05, 4.69) is 19.9 Å². The summed E-state index contributed by atoms with van der Waals surface area (Å²) in [5.74, 6) is 0.772. The van der Waals surface area contributed by atoms with Crippen molar-refractivity contribution in [2.75, 3.05) is 18.0 Å². The fourth-order valence-corrected chi connectivity index (χ4v) is 2.59. The third kappa shape index (κ3) is 2.26. The summed E-state index contributed by atoms with van der Waals surface area (Å²) in [5.41, 5.74) is 1.55. The van der Waals surface area contributed by atoms with Crippen LogP contribution >= 0.6 is 11.6 Å². The number of imidazole rings is 1. The number of aliphatic hydroxyl groups is 1. The fourth-order valence-electron chi connectivity index (χ4n) is 2.43. The molecule has 0 aromatic carbocycles. The Balaban J connectivity index is 2.05. The lowest BCUT2D eigenvalue weighted by atomic mass is 10.1. The number of anilines is 1. The molecule has 0 spiro atoms. The minimum Gasteiger partial charge on any atom is -0.393 e. The summed E-state index contributed by atoms with van der Waals surface area (Å²) in [6, 6.07) is 0. The molecule has 6 nitrogen and oxygen atoms in total. The summed E-state index contributed by atoms with van der Waals surface area (Å²) >= 11 is 6.02. The van der Waals surface area contributed by atoms with Crippen LogP contribution in [0.4, 0.5) is 5.82 Å². The number of hydrogen-bond acceptors (Lipinski definition) is 5. The molecule has 19 heavy (non-hydrogen) atoms. The average molecular weight is 282 g/mol. The Bertz CT molecular complexity index is 591. The number of rotatable bonds is 2. The molecule has 0 amide bonds. The van der Waals surface area contributed by atoms with Gasteiger partial charge in [0.05, 0.1) is 12.4 Å². The zero-order valence-electron chi connectivity index (χ0n) is 10.8. The van der Waals surface area contributed by atoms with Gasteiger partial charge in [-0.25, -0.2) is 4.98 Å². The van der Waals surface area contributed by atoms with Crippen molar-refractivity contribution >= 4 is 28.6 Å². The third-order valence-electron chi connectivity index (χ3n) is 3.52. The number of aliphatic hydroxyl groups excluding tert-OH is 1. The van der Waals surface area contributed by atoms with Crippen molar-refractivity contribution in [2.24, 2.45) is 0 Å². The van der Waals surface area contributed by atoms with Gasteiger partial charge in [-0.2, -0.15) is 9.97 Å². The monoisotopic (exact) mass is 281 g/mol. The summed E-state index contributed by atoms with van der Waals surface area (Å²) in [6.07, 6.45) is 3.05. The van der Waals surface area contributed by atoms with E-state index >= 15 is 0 Å². The van der Waals surface area contributed by atoms with Gasteiger partial charge < -0.3 is 14.6 Å².